The third-order valence-electron chi connectivity index (χ3n) is 2.28. The molecule has 0 amide bonds. The van der Waals surface area contributed by atoms with Crippen LogP contribution in [0.25, 0.3) is 0 Å². The van der Waals surface area contributed by atoms with Crippen LogP contribution in [0.5, 0.6) is 0 Å². The molecule has 1 aromatic heterocycles. The summed E-state index contributed by atoms with van der Waals surface area (Å²) in [5, 5.41) is 0.345. The first kappa shape index (κ1) is 13.0. The van der Waals surface area contributed by atoms with E-state index in [4.69, 9.17) is 17.3 Å². The van der Waals surface area contributed by atoms with Gasteiger partial charge in [-0.1, -0.05) is 17.7 Å². The van der Waals surface area contributed by atoms with Crippen molar-refractivity contribution < 1.29 is 8.60 Å². The SMILES string of the molecule is Nc1cccc(Cl)c1S(=O)Cc1cncc(F)c1. The lowest BCUT2D eigenvalue weighted by Crippen LogP contribution is -2.02. The van der Waals surface area contributed by atoms with Gasteiger partial charge in [-0.05, 0) is 23.8 Å². The molecule has 2 N–H and O–H groups in total. The number of aromatic nitrogens is 1. The Hall–Kier alpha value is -1.46. The van der Waals surface area contributed by atoms with Crippen molar-refractivity contribution in [1.29, 1.82) is 0 Å². The molecule has 0 aliphatic heterocycles. The van der Waals surface area contributed by atoms with Crippen molar-refractivity contribution in [3.8, 4) is 0 Å². The predicted octanol–water partition coefficient (Wildman–Crippen LogP) is 2.76. The second-order valence-corrected chi connectivity index (χ2v) is 5.45. The average Bonchev–Trinajstić information content (AvgIpc) is 2.28. The Balaban J connectivity index is 2.28. The lowest BCUT2D eigenvalue weighted by molar-refractivity contribution is 0.619. The molecule has 0 aliphatic rings. The smallest absolute Gasteiger partial charge is 0.141 e. The highest BCUT2D eigenvalue weighted by atomic mass is 35.5. The molecule has 0 fully saturated rings. The van der Waals surface area contributed by atoms with Crippen LogP contribution in [0, 0.1) is 5.82 Å². The third-order valence-corrected chi connectivity index (χ3v) is 4.22. The Morgan fingerprint density at radius 2 is 2.17 bits per heavy atom. The zero-order valence-corrected chi connectivity index (χ0v) is 10.8. The van der Waals surface area contributed by atoms with Gasteiger partial charge < -0.3 is 5.73 Å². The van der Waals surface area contributed by atoms with Gasteiger partial charge in [0.25, 0.3) is 0 Å². The number of hydrogen-bond donors (Lipinski definition) is 1. The van der Waals surface area contributed by atoms with E-state index in [9.17, 15) is 8.60 Å². The molecule has 3 nitrogen and oxygen atoms in total. The van der Waals surface area contributed by atoms with Gasteiger partial charge in [0.15, 0.2) is 0 Å². The van der Waals surface area contributed by atoms with Crippen molar-refractivity contribution in [2.45, 2.75) is 10.6 Å². The minimum atomic E-state index is -1.43. The summed E-state index contributed by atoms with van der Waals surface area (Å²) in [7, 11) is -1.43. The lowest BCUT2D eigenvalue weighted by atomic mass is 10.3. The number of anilines is 1. The summed E-state index contributed by atoms with van der Waals surface area (Å²) < 4.78 is 25.1. The van der Waals surface area contributed by atoms with Crippen LogP contribution in [0.15, 0.2) is 41.6 Å². The minimum Gasteiger partial charge on any atom is -0.398 e. The normalized spacial score (nSPS) is 12.3. The van der Waals surface area contributed by atoms with Crippen molar-refractivity contribution >= 4 is 28.1 Å². The molecule has 1 aromatic carbocycles. The Bertz CT molecular complexity index is 586. The molecule has 0 radical (unpaired) electrons. The molecule has 0 saturated carbocycles. The molecular weight excluding hydrogens is 275 g/mol. The van der Waals surface area contributed by atoms with E-state index in [1.165, 1.54) is 12.3 Å². The van der Waals surface area contributed by atoms with Gasteiger partial charge in [-0.15, -0.1) is 0 Å². The highest BCUT2D eigenvalue weighted by molar-refractivity contribution is 7.84. The van der Waals surface area contributed by atoms with E-state index in [1.54, 1.807) is 18.2 Å². The summed E-state index contributed by atoms with van der Waals surface area (Å²) >= 11 is 5.96. The number of nitrogen functional groups attached to an aromatic ring is 1. The molecule has 6 heteroatoms. The van der Waals surface area contributed by atoms with Crippen LogP contribution in [0.4, 0.5) is 10.1 Å². The predicted molar refractivity (Wildman–Crippen MR) is 70.2 cm³/mol. The van der Waals surface area contributed by atoms with Crippen molar-refractivity contribution in [2.24, 2.45) is 0 Å². The number of nitrogens with zero attached hydrogens (tertiary/aromatic N) is 1. The maximum Gasteiger partial charge on any atom is 0.141 e. The number of halogens is 2. The van der Waals surface area contributed by atoms with Gasteiger partial charge in [0.2, 0.25) is 0 Å². The van der Waals surface area contributed by atoms with Crippen LogP contribution < -0.4 is 5.73 Å². The van der Waals surface area contributed by atoms with Crippen molar-refractivity contribution in [3.05, 3.63) is 53.1 Å². The first-order valence-electron chi connectivity index (χ1n) is 5.09. The Kier molecular flexibility index (Phi) is 3.93. The van der Waals surface area contributed by atoms with Crippen molar-refractivity contribution in [2.75, 3.05) is 5.73 Å². The van der Waals surface area contributed by atoms with Crippen molar-refractivity contribution in [1.82, 2.24) is 4.98 Å². The summed E-state index contributed by atoms with van der Waals surface area (Å²) in [6.07, 6.45) is 2.56. The van der Waals surface area contributed by atoms with Crippen molar-refractivity contribution in [3.63, 3.8) is 0 Å². The van der Waals surface area contributed by atoms with E-state index < -0.39 is 16.6 Å². The average molecular weight is 285 g/mol. The highest BCUT2D eigenvalue weighted by Gasteiger charge is 2.13. The van der Waals surface area contributed by atoms with Gasteiger partial charge in [0.05, 0.1) is 32.7 Å². The van der Waals surface area contributed by atoms with Crippen LogP contribution in [0.2, 0.25) is 5.02 Å². The zero-order valence-electron chi connectivity index (χ0n) is 9.27. The molecule has 0 spiro atoms. The summed E-state index contributed by atoms with van der Waals surface area (Å²) in [6.45, 7) is 0. The fourth-order valence-electron chi connectivity index (χ4n) is 1.52. The minimum absolute atomic E-state index is 0.124. The molecule has 1 heterocycles. The Morgan fingerprint density at radius 3 is 2.83 bits per heavy atom. The third kappa shape index (κ3) is 2.86. The number of rotatable bonds is 3. The Labute approximate surface area is 111 Å². The standard InChI is InChI=1S/C12H10ClFN2OS/c13-10-2-1-3-11(15)12(10)18(17)7-8-4-9(14)6-16-5-8/h1-6H,7,15H2. The molecule has 1 atom stereocenters. The highest BCUT2D eigenvalue weighted by Crippen LogP contribution is 2.27. The van der Waals surface area contributed by atoms with Crippen LogP contribution >= 0.6 is 11.6 Å². The van der Waals surface area contributed by atoms with Crippen LogP contribution in [0.3, 0.4) is 0 Å². The van der Waals surface area contributed by atoms with Gasteiger partial charge >= 0.3 is 0 Å². The number of pyridine rings is 1. The first-order chi connectivity index (χ1) is 8.58. The molecule has 18 heavy (non-hydrogen) atoms. The second-order valence-electron chi connectivity index (χ2n) is 3.66. The van der Waals surface area contributed by atoms with E-state index in [1.807, 2.05) is 0 Å². The number of nitrogens with two attached hydrogens (primary N) is 1. The van der Waals surface area contributed by atoms with Gasteiger partial charge in [-0.3, -0.25) is 9.19 Å². The van der Waals surface area contributed by atoms with E-state index in [-0.39, 0.29) is 5.75 Å². The lowest BCUT2D eigenvalue weighted by Gasteiger charge is -2.07. The van der Waals surface area contributed by atoms with Crippen LogP contribution in [0.1, 0.15) is 5.56 Å². The fourth-order valence-corrected chi connectivity index (χ4v) is 3.19. The molecular formula is C12H10ClFN2OS. The molecule has 0 bridgehead atoms. The van der Waals surface area contributed by atoms with Crippen LogP contribution in [-0.4, -0.2) is 9.19 Å². The van der Waals surface area contributed by atoms with Gasteiger partial charge in [0.1, 0.15) is 5.82 Å². The second kappa shape index (κ2) is 5.46. The largest absolute Gasteiger partial charge is 0.398 e. The zero-order chi connectivity index (χ0) is 13.1. The summed E-state index contributed by atoms with van der Waals surface area (Å²) in [5.41, 5.74) is 6.64. The summed E-state index contributed by atoms with van der Waals surface area (Å²) in [4.78, 5) is 4.08. The maximum atomic E-state index is 13.0. The topological polar surface area (TPSA) is 56.0 Å². The fraction of sp³-hybridized carbons (Fsp3) is 0.0833. The van der Waals surface area contributed by atoms with Crippen LogP contribution in [-0.2, 0) is 16.6 Å². The maximum absolute atomic E-state index is 13.0. The molecule has 0 saturated heterocycles. The number of benzene rings is 1. The van der Waals surface area contributed by atoms with E-state index >= 15 is 0 Å². The summed E-state index contributed by atoms with van der Waals surface area (Å²) in [5.74, 6) is -0.338. The molecule has 2 aromatic rings. The molecule has 94 valence electrons. The van der Waals surface area contributed by atoms with Gasteiger partial charge in [-0.25, -0.2) is 4.39 Å². The molecule has 0 aliphatic carbocycles. The summed E-state index contributed by atoms with van der Waals surface area (Å²) in [6, 6.07) is 6.22. The Morgan fingerprint density at radius 1 is 1.39 bits per heavy atom. The van der Waals surface area contributed by atoms with E-state index in [2.05, 4.69) is 4.98 Å². The molecule has 1 unspecified atom stereocenters. The van der Waals surface area contributed by atoms with Gasteiger partial charge in [-0.2, -0.15) is 0 Å². The molecule has 2 rings (SSSR count). The quantitative estimate of drug-likeness (QED) is 0.882. The first-order valence-corrected chi connectivity index (χ1v) is 6.79. The van der Waals surface area contributed by atoms with E-state index in [0.717, 1.165) is 6.20 Å². The van der Waals surface area contributed by atoms with E-state index in [0.29, 0.717) is 21.2 Å². The number of hydrogen-bond acceptors (Lipinski definition) is 3. The van der Waals surface area contributed by atoms with Gasteiger partial charge in [0, 0.05) is 11.9 Å². The monoisotopic (exact) mass is 284 g/mol.